The summed E-state index contributed by atoms with van der Waals surface area (Å²) in [5.74, 6) is -0.514. The number of hydrogen-bond acceptors (Lipinski definition) is 0. The summed E-state index contributed by atoms with van der Waals surface area (Å²) in [5, 5.41) is 4.64. The summed E-state index contributed by atoms with van der Waals surface area (Å²) < 4.78 is 32.2. The van der Waals surface area contributed by atoms with Gasteiger partial charge in [-0.3, -0.25) is 0 Å². The summed E-state index contributed by atoms with van der Waals surface area (Å²) in [4.78, 5) is 0. The first-order chi connectivity index (χ1) is 25.6. The van der Waals surface area contributed by atoms with Gasteiger partial charge in [-0.15, -0.1) is 0 Å². The van der Waals surface area contributed by atoms with E-state index < -0.39 is 0 Å². The molecule has 2 aromatic heterocycles. The number of nitrogens with zero attached hydrogens (tertiary/aromatic N) is 2. The van der Waals surface area contributed by atoms with Gasteiger partial charge in [0.2, 0.25) is 0 Å². The average molecular weight is 673 g/mol. The van der Waals surface area contributed by atoms with Crippen molar-refractivity contribution < 1.29 is 8.78 Å². The quantitative estimate of drug-likeness (QED) is 0.172. The minimum Gasteiger partial charge on any atom is -0.309 e. The van der Waals surface area contributed by atoms with Gasteiger partial charge in [0.1, 0.15) is 11.6 Å². The maximum atomic E-state index is 13.8. The molecule has 2 nitrogen and oxygen atoms in total. The highest BCUT2D eigenvalue weighted by Crippen LogP contribution is 2.39. The van der Waals surface area contributed by atoms with Crippen LogP contribution in [0.15, 0.2) is 182 Å². The van der Waals surface area contributed by atoms with Gasteiger partial charge in [-0.25, -0.2) is 8.78 Å². The fraction of sp³-hybridized carbons (Fsp3) is 0. The predicted octanol–water partition coefficient (Wildman–Crippen LogP) is 13.2. The van der Waals surface area contributed by atoms with Crippen LogP contribution in [0.1, 0.15) is 0 Å². The lowest BCUT2D eigenvalue weighted by molar-refractivity contribution is 0.627. The van der Waals surface area contributed by atoms with Crippen LogP contribution in [0.25, 0.3) is 88.4 Å². The summed E-state index contributed by atoms with van der Waals surface area (Å²) in [6.45, 7) is 0. The van der Waals surface area contributed by atoms with E-state index in [4.69, 9.17) is 0 Å². The molecule has 52 heavy (non-hydrogen) atoms. The molecular formula is C48H30F2N2. The van der Waals surface area contributed by atoms with Gasteiger partial charge in [0, 0.05) is 32.9 Å². The Morgan fingerprint density at radius 3 is 1.27 bits per heavy atom. The molecule has 10 aromatic rings. The number of halogens is 2. The number of rotatable bonds is 5. The SMILES string of the molecule is Fc1ccc(-c2ccc3c(c2)c2cc(-c4ccc(F)cc4)ccc2n3-c2ccc(-c3ccc4c5ccccc5n(-c5ccccc5)c4c3)cc2)cc1. The van der Waals surface area contributed by atoms with Crippen molar-refractivity contribution in [3.63, 3.8) is 0 Å². The first kappa shape index (κ1) is 30.1. The maximum Gasteiger partial charge on any atom is 0.123 e. The van der Waals surface area contributed by atoms with Crippen LogP contribution in [-0.2, 0) is 0 Å². The zero-order chi connectivity index (χ0) is 34.8. The second-order valence-electron chi connectivity index (χ2n) is 13.3. The molecule has 246 valence electrons. The molecule has 0 spiro atoms. The molecule has 0 amide bonds. The molecule has 0 atom stereocenters. The number of hydrogen-bond donors (Lipinski definition) is 0. The Morgan fingerprint density at radius 2 is 0.673 bits per heavy atom. The zero-order valence-corrected chi connectivity index (χ0v) is 28.0. The van der Waals surface area contributed by atoms with Crippen molar-refractivity contribution in [1.29, 1.82) is 0 Å². The molecule has 2 heterocycles. The van der Waals surface area contributed by atoms with E-state index in [0.717, 1.165) is 66.6 Å². The van der Waals surface area contributed by atoms with Crippen LogP contribution in [0, 0.1) is 11.6 Å². The number of para-hydroxylation sites is 2. The van der Waals surface area contributed by atoms with Crippen molar-refractivity contribution in [2.75, 3.05) is 0 Å². The molecule has 8 aromatic carbocycles. The Morgan fingerprint density at radius 1 is 0.269 bits per heavy atom. The molecule has 0 fully saturated rings. The molecule has 0 bridgehead atoms. The minimum atomic E-state index is -0.257. The van der Waals surface area contributed by atoms with Gasteiger partial charge < -0.3 is 9.13 Å². The Bertz CT molecular complexity index is 2830. The van der Waals surface area contributed by atoms with Crippen LogP contribution in [0.4, 0.5) is 8.78 Å². The molecule has 0 aliphatic carbocycles. The van der Waals surface area contributed by atoms with Crippen LogP contribution in [0.3, 0.4) is 0 Å². The van der Waals surface area contributed by atoms with E-state index in [1.807, 2.05) is 24.3 Å². The normalized spacial score (nSPS) is 11.7. The van der Waals surface area contributed by atoms with Crippen LogP contribution < -0.4 is 0 Å². The monoisotopic (exact) mass is 672 g/mol. The third-order valence-corrected chi connectivity index (χ3v) is 10.3. The highest BCUT2D eigenvalue weighted by atomic mass is 19.1. The first-order valence-corrected chi connectivity index (χ1v) is 17.4. The average Bonchev–Trinajstić information content (AvgIpc) is 3.70. The summed E-state index contributed by atoms with van der Waals surface area (Å²) in [7, 11) is 0. The fourth-order valence-corrected chi connectivity index (χ4v) is 7.75. The third kappa shape index (κ3) is 4.91. The largest absolute Gasteiger partial charge is 0.309 e. The fourth-order valence-electron chi connectivity index (χ4n) is 7.75. The van der Waals surface area contributed by atoms with Crippen molar-refractivity contribution in [3.05, 3.63) is 194 Å². The van der Waals surface area contributed by atoms with E-state index in [1.165, 1.54) is 46.1 Å². The predicted molar refractivity (Wildman–Crippen MR) is 211 cm³/mol. The van der Waals surface area contributed by atoms with Crippen LogP contribution in [0.5, 0.6) is 0 Å². The van der Waals surface area contributed by atoms with E-state index in [0.29, 0.717) is 0 Å². The third-order valence-electron chi connectivity index (χ3n) is 10.3. The lowest BCUT2D eigenvalue weighted by Gasteiger charge is -2.11. The summed E-state index contributed by atoms with van der Waals surface area (Å²) >= 11 is 0. The van der Waals surface area contributed by atoms with E-state index in [-0.39, 0.29) is 11.6 Å². The molecule has 4 heteroatoms. The van der Waals surface area contributed by atoms with Gasteiger partial charge >= 0.3 is 0 Å². The van der Waals surface area contributed by atoms with Crippen LogP contribution in [0.2, 0.25) is 0 Å². The molecule has 0 aliphatic heterocycles. The van der Waals surface area contributed by atoms with Gasteiger partial charge in [0.15, 0.2) is 0 Å². The molecule has 0 unspecified atom stereocenters. The van der Waals surface area contributed by atoms with Gasteiger partial charge in [-0.1, -0.05) is 97.1 Å². The van der Waals surface area contributed by atoms with E-state index in [1.54, 1.807) is 0 Å². The minimum absolute atomic E-state index is 0.257. The summed E-state index contributed by atoms with van der Waals surface area (Å²) in [6.07, 6.45) is 0. The highest BCUT2D eigenvalue weighted by Gasteiger charge is 2.16. The Labute approximate surface area is 299 Å². The molecule has 0 radical (unpaired) electrons. The van der Waals surface area contributed by atoms with Crippen molar-refractivity contribution in [1.82, 2.24) is 9.13 Å². The van der Waals surface area contributed by atoms with Crippen molar-refractivity contribution in [2.45, 2.75) is 0 Å². The zero-order valence-electron chi connectivity index (χ0n) is 28.0. The number of aromatic nitrogens is 2. The second kappa shape index (κ2) is 11.9. The van der Waals surface area contributed by atoms with Crippen molar-refractivity contribution >= 4 is 43.6 Å². The molecule has 0 saturated heterocycles. The molecule has 10 rings (SSSR count). The Balaban J connectivity index is 1.11. The lowest BCUT2D eigenvalue weighted by Crippen LogP contribution is -1.94. The van der Waals surface area contributed by atoms with E-state index in [2.05, 4.69) is 143 Å². The first-order valence-electron chi connectivity index (χ1n) is 17.4. The molecule has 0 saturated carbocycles. The van der Waals surface area contributed by atoms with Gasteiger partial charge in [0.05, 0.1) is 22.1 Å². The number of fused-ring (bicyclic) bond motifs is 6. The molecule has 0 aliphatic rings. The number of benzene rings is 8. The van der Waals surface area contributed by atoms with Gasteiger partial charge in [0.25, 0.3) is 0 Å². The topological polar surface area (TPSA) is 9.86 Å². The highest BCUT2D eigenvalue weighted by molar-refractivity contribution is 6.12. The lowest BCUT2D eigenvalue weighted by atomic mass is 10.0. The van der Waals surface area contributed by atoms with Crippen LogP contribution >= 0.6 is 0 Å². The van der Waals surface area contributed by atoms with Gasteiger partial charge in [-0.05, 0) is 118 Å². The molecular weight excluding hydrogens is 643 g/mol. The summed E-state index contributed by atoms with van der Waals surface area (Å²) in [5.41, 5.74) is 12.9. The second-order valence-corrected chi connectivity index (χ2v) is 13.3. The van der Waals surface area contributed by atoms with E-state index in [9.17, 15) is 8.78 Å². The maximum absolute atomic E-state index is 13.8. The van der Waals surface area contributed by atoms with Crippen molar-refractivity contribution in [3.8, 4) is 44.8 Å². The summed E-state index contributed by atoms with van der Waals surface area (Å²) in [6, 6.07) is 60.8. The van der Waals surface area contributed by atoms with Crippen molar-refractivity contribution in [2.24, 2.45) is 0 Å². The Hall–Kier alpha value is -6.78. The van der Waals surface area contributed by atoms with Gasteiger partial charge in [-0.2, -0.15) is 0 Å². The molecule has 0 N–H and O–H groups in total. The smallest absolute Gasteiger partial charge is 0.123 e. The van der Waals surface area contributed by atoms with Crippen LogP contribution in [-0.4, -0.2) is 9.13 Å². The Kier molecular flexibility index (Phi) is 6.90. The standard InChI is InChI=1S/C48H30F2N2/c49-37-19-10-31(11-20-37)34-17-26-46-43(28-34)44-29-35(32-12-21-38(50)22-13-32)18-27-47(44)51(46)40-23-14-33(15-24-40)36-16-25-42-41-8-4-5-9-45(41)52(48(42)30-36)39-6-2-1-3-7-39/h1-30H. The van der Waals surface area contributed by atoms with E-state index >= 15 is 0 Å².